The van der Waals surface area contributed by atoms with Crippen LogP contribution < -0.4 is 0 Å². The summed E-state index contributed by atoms with van der Waals surface area (Å²) in [7, 11) is 0. The number of H-pyrrole nitrogens is 1. The molecule has 5 heteroatoms. The predicted molar refractivity (Wildman–Crippen MR) is 88.5 cm³/mol. The smallest absolute Gasteiger partial charge is 0.236 e. The zero-order valence-electron chi connectivity index (χ0n) is 13.3. The zero-order chi connectivity index (χ0) is 15.6. The van der Waals surface area contributed by atoms with Gasteiger partial charge in [-0.3, -0.25) is 4.79 Å². The number of carbonyl (C=O) groups excluding carboxylic acids is 1. The zero-order valence-corrected chi connectivity index (χ0v) is 14.1. The third-order valence-corrected chi connectivity index (χ3v) is 4.34. The average Bonchev–Trinajstić information content (AvgIpc) is 2.79. The Kier molecular flexibility index (Phi) is 4.93. The molecule has 2 aromatic rings. The van der Waals surface area contributed by atoms with E-state index in [0.717, 1.165) is 16.2 Å². The van der Waals surface area contributed by atoms with E-state index in [-0.39, 0.29) is 23.2 Å². The van der Waals surface area contributed by atoms with E-state index in [1.54, 1.807) is 0 Å². The first-order valence-electron chi connectivity index (χ1n) is 7.33. The second-order valence-corrected chi connectivity index (χ2v) is 7.08. The standard InChI is InChI=1S/C16H23N3OS/c1-10(2)19(11(3)4)15(20)12(5)21-16-17-13-8-6-7-9-14(13)18-16/h6-12H,1-5H3,(H,17,18). The lowest BCUT2D eigenvalue weighted by atomic mass is 10.2. The summed E-state index contributed by atoms with van der Waals surface area (Å²) in [5.41, 5.74) is 1.94. The summed E-state index contributed by atoms with van der Waals surface area (Å²) in [4.78, 5) is 22.3. The molecule has 0 aliphatic carbocycles. The highest BCUT2D eigenvalue weighted by Gasteiger charge is 2.26. The molecule has 1 aromatic carbocycles. The van der Waals surface area contributed by atoms with E-state index in [1.165, 1.54) is 11.8 Å². The SMILES string of the molecule is CC(Sc1nc2ccccc2[nH]1)C(=O)N(C(C)C)C(C)C. The van der Waals surface area contributed by atoms with Gasteiger partial charge in [-0.15, -0.1) is 0 Å². The van der Waals surface area contributed by atoms with Gasteiger partial charge in [-0.2, -0.15) is 0 Å². The maximum absolute atomic E-state index is 12.6. The molecule has 0 radical (unpaired) electrons. The third kappa shape index (κ3) is 3.59. The van der Waals surface area contributed by atoms with E-state index in [4.69, 9.17) is 0 Å². The quantitative estimate of drug-likeness (QED) is 0.857. The Morgan fingerprint density at radius 3 is 2.33 bits per heavy atom. The van der Waals surface area contributed by atoms with Gasteiger partial charge in [-0.1, -0.05) is 23.9 Å². The van der Waals surface area contributed by atoms with Gasteiger partial charge in [0.1, 0.15) is 0 Å². The van der Waals surface area contributed by atoms with Crippen LogP contribution in [0.25, 0.3) is 11.0 Å². The van der Waals surface area contributed by atoms with Crippen LogP contribution in [0.15, 0.2) is 29.4 Å². The summed E-state index contributed by atoms with van der Waals surface area (Å²) < 4.78 is 0. The summed E-state index contributed by atoms with van der Waals surface area (Å²) in [6, 6.07) is 8.31. The number of rotatable bonds is 5. The van der Waals surface area contributed by atoms with Crippen LogP contribution in [-0.2, 0) is 4.79 Å². The van der Waals surface area contributed by atoms with Gasteiger partial charge in [0.2, 0.25) is 5.91 Å². The van der Waals surface area contributed by atoms with Crippen molar-refractivity contribution >= 4 is 28.7 Å². The van der Waals surface area contributed by atoms with E-state index in [0.29, 0.717) is 0 Å². The Labute approximate surface area is 130 Å². The minimum atomic E-state index is -0.157. The van der Waals surface area contributed by atoms with Crippen LogP contribution in [0.5, 0.6) is 0 Å². The van der Waals surface area contributed by atoms with Crippen molar-refractivity contribution in [2.75, 3.05) is 0 Å². The van der Waals surface area contributed by atoms with Crippen molar-refractivity contribution in [1.29, 1.82) is 0 Å². The van der Waals surface area contributed by atoms with Crippen molar-refractivity contribution in [2.45, 2.75) is 57.1 Å². The van der Waals surface area contributed by atoms with Crippen molar-refractivity contribution in [3.63, 3.8) is 0 Å². The maximum atomic E-state index is 12.6. The van der Waals surface area contributed by atoms with Gasteiger partial charge in [0.25, 0.3) is 0 Å². The van der Waals surface area contributed by atoms with Crippen LogP contribution in [0.2, 0.25) is 0 Å². The molecule has 114 valence electrons. The molecule has 2 rings (SSSR count). The molecule has 0 bridgehead atoms. The molecule has 21 heavy (non-hydrogen) atoms. The van der Waals surface area contributed by atoms with Crippen molar-refractivity contribution in [1.82, 2.24) is 14.9 Å². The largest absolute Gasteiger partial charge is 0.337 e. The lowest BCUT2D eigenvalue weighted by Gasteiger charge is -2.32. The van der Waals surface area contributed by atoms with Gasteiger partial charge in [-0.25, -0.2) is 4.98 Å². The molecule has 0 spiro atoms. The summed E-state index contributed by atoms with van der Waals surface area (Å²) in [6.45, 7) is 10.2. The highest BCUT2D eigenvalue weighted by atomic mass is 32.2. The third-order valence-electron chi connectivity index (χ3n) is 3.37. The van der Waals surface area contributed by atoms with Crippen molar-refractivity contribution in [2.24, 2.45) is 0 Å². The highest BCUT2D eigenvalue weighted by Crippen LogP contribution is 2.25. The fourth-order valence-corrected chi connectivity index (χ4v) is 3.40. The number of thioether (sulfide) groups is 1. The minimum absolute atomic E-state index is 0.157. The lowest BCUT2D eigenvalue weighted by Crippen LogP contribution is -2.45. The maximum Gasteiger partial charge on any atom is 0.236 e. The molecule has 1 unspecified atom stereocenters. The summed E-state index contributed by atoms with van der Waals surface area (Å²) >= 11 is 1.48. The van der Waals surface area contributed by atoms with Crippen molar-refractivity contribution < 1.29 is 4.79 Å². The van der Waals surface area contributed by atoms with Crippen LogP contribution in [0.3, 0.4) is 0 Å². The fourth-order valence-electron chi connectivity index (χ4n) is 2.52. The first kappa shape index (κ1) is 15.9. The number of carbonyl (C=O) groups is 1. The first-order valence-corrected chi connectivity index (χ1v) is 8.21. The van der Waals surface area contributed by atoms with E-state index in [2.05, 4.69) is 37.7 Å². The number of fused-ring (bicyclic) bond motifs is 1. The molecular weight excluding hydrogens is 282 g/mol. The molecule has 1 heterocycles. The van der Waals surface area contributed by atoms with Crippen molar-refractivity contribution in [3.8, 4) is 0 Å². The van der Waals surface area contributed by atoms with Gasteiger partial charge in [0, 0.05) is 12.1 Å². The van der Waals surface area contributed by atoms with E-state index < -0.39 is 0 Å². The molecule has 1 amide bonds. The number of aromatic nitrogens is 2. The number of imidazole rings is 1. The molecular formula is C16H23N3OS. The Morgan fingerprint density at radius 2 is 1.76 bits per heavy atom. The van der Waals surface area contributed by atoms with Crippen LogP contribution in [0, 0.1) is 0 Å². The van der Waals surface area contributed by atoms with Gasteiger partial charge >= 0.3 is 0 Å². The van der Waals surface area contributed by atoms with Gasteiger partial charge in [0.05, 0.1) is 16.3 Å². The van der Waals surface area contributed by atoms with Crippen LogP contribution in [0.4, 0.5) is 0 Å². The summed E-state index contributed by atoms with van der Waals surface area (Å²) in [6.07, 6.45) is 0. The Balaban J connectivity index is 2.12. The summed E-state index contributed by atoms with van der Waals surface area (Å²) in [5.74, 6) is 0.158. The topological polar surface area (TPSA) is 49.0 Å². The van der Waals surface area contributed by atoms with Gasteiger partial charge < -0.3 is 9.88 Å². The van der Waals surface area contributed by atoms with E-state index in [9.17, 15) is 4.79 Å². The molecule has 1 aromatic heterocycles. The molecule has 1 atom stereocenters. The molecule has 4 nitrogen and oxygen atoms in total. The average molecular weight is 305 g/mol. The minimum Gasteiger partial charge on any atom is -0.337 e. The number of nitrogens with zero attached hydrogens (tertiary/aromatic N) is 2. The molecule has 1 N–H and O–H groups in total. The molecule has 0 saturated carbocycles. The predicted octanol–water partition coefficient (Wildman–Crippen LogP) is 3.69. The number of amides is 1. The summed E-state index contributed by atoms with van der Waals surface area (Å²) in [5, 5.41) is 0.639. The fraction of sp³-hybridized carbons (Fsp3) is 0.500. The van der Waals surface area contributed by atoms with Crippen LogP contribution >= 0.6 is 11.8 Å². The van der Waals surface area contributed by atoms with Gasteiger partial charge in [-0.05, 0) is 46.8 Å². The van der Waals surface area contributed by atoms with E-state index >= 15 is 0 Å². The number of benzene rings is 1. The number of hydrogen-bond donors (Lipinski definition) is 1. The number of hydrogen-bond acceptors (Lipinski definition) is 3. The first-order chi connectivity index (χ1) is 9.90. The molecule has 0 aliphatic heterocycles. The monoisotopic (exact) mass is 305 g/mol. The molecule has 0 saturated heterocycles. The number of aromatic amines is 1. The Morgan fingerprint density at radius 1 is 1.14 bits per heavy atom. The Hall–Kier alpha value is -1.49. The number of nitrogens with one attached hydrogen (secondary N) is 1. The van der Waals surface area contributed by atoms with Gasteiger partial charge in [0.15, 0.2) is 5.16 Å². The highest BCUT2D eigenvalue weighted by molar-refractivity contribution is 8.00. The van der Waals surface area contributed by atoms with Crippen LogP contribution in [0.1, 0.15) is 34.6 Å². The lowest BCUT2D eigenvalue weighted by molar-refractivity contribution is -0.133. The molecule has 0 fully saturated rings. The second kappa shape index (κ2) is 6.52. The molecule has 0 aliphatic rings. The van der Waals surface area contributed by atoms with Crippen molar-refractivity contribution in [3.05, 3.63) is 24.3 Å². The second-order valence-electron chi connectivity index (χ2n) is 5.75. The van der Waals surface area contributed by atoms with Crippen LogP contribution in [-0.4, -0.2) is 38.1 Å². The Bertz CT molecular complexity index is 580. The van der Waals surface area contributed by atoms with E-state index in [1.807, 2.05) is 36.1 Å². The normalized spacial score (nSPS) is 13.1. The number of para-hydroxylation sites is 2.